The van der Waals surface area contributed by atoms with Crippen molar-refractivity contribution >= 4 is 40.7 Å². The molecular weight excluding hydrogens is 347 g/mol. The van der Waals surface area contributed by atoms with Crippen LogP contribution in [0.3, 0.4) is 0 Å². The highest BCUT2D eigenvalue weighted by Gasteiger charge is 2.50. The molecule has 1 aliphatic carbocycles. The number of likely N-dealkylation sites (tertiary alicyclic amines) is 1. The lowest BCUT2D eigenvalue weighted by atomic mass is 9.99. The minimum Gasteiger partial charge on any atom is -0.339 e. The van der Waals surface area contributed by atoms with Gasteiger partial charge in [0.2, 0.25) is 11.8 Å². The molecule has 2 fully saturated rings. The topological polar surface area (TPSA) is 49.4 Å². The highest BCUT2D eigenvalue weighted by Crippen LogP contribution is 2.42. The van der Waals surface area contributed by atoms with Gasteiger partial charge in [-0.15, -0.1) is 0 Å². The van der Waals surface area contributed by atoms with Gasteiger partial charge in [-0.2, -0.15) is 0 Å². The monoisotopic (exact) mass is 368 g/mol. The minimum absolute atomic E-state index is 0.136. The fourth-order valence-electron chi connectivity index (χ4n) is 3.50. The Balaban J connectivity index is 1.59. The van der Waals surface area contributed by atoms with Gasteiger partial charge >= 0.3 is 0 Å². The van der Waals surface area contributed by atoms with E-state index < -0.39 is 0 Å². The van der Waals surface area contributed by atoms with E-state index in [1.54, 1.807) is 18.2 Å². The van der Waals surface area contributed by atoms with Crippen molar-refractivity contribution in [2.24, 2.45) is 11.8 Å². The molecule has 0 spiro atoms. The second-order valence-electron chi connectivity index (χ2n) is 6.65. The van der Waals surface area contributed by atoms with Gasteiger partial charge in [0.05, 0.1) is 22.5 Å². The number of hydrogen-bond acceptors (Lipinski definition) is 2. The van der Waals surface area contributed by atoms with Crippen molar-refractivity contribution < 1.29 is 9.59 Å². The fraction of sp³-hybridized carbons (Fsp3) is 0.556. The Bertz CT molecular complexity index is 650. The summed E-state index contributed by atoms with van der Waals surface area (Å²) in [6, 6.07) is 5.28. The second-order valence-corrected chi connectivity index (χ2v) is 7.50. The quantitative estimate of drug-likeness (QED) is 0.857. The van der Waals surface area contributed by atoms with Crippen LogP contribution in [-0.4, -0.2) is 29.3 Å². The average Bonchev–Trinajstić information content (AvgIpc) is 3.37. The van der Waals surface area contributed by atoms with Crippen molar-refractivity contribution in [1.29, 1.82) is 0 Å². The first-order valence-corrected chi connectivity index (χ1v) is 9.33. The molecule has 1 N–H and O–H groups in total. The fourth-order valence-corrected chi connectivity index (χ4v) is 3.96. The first-order valence-electron chi connectivity index (χ1n) is 8.57. The zero-order valence-corrected chi connectivity index (χ0v) is 15.2. The molecule has 130 valence electrons. The number of benzene rings is 1. The van der Waals surface area contributed by atoms with E-state index in [0.29, 0.717) is 28.2 Å². The summed E-state index contributed by atoms with van der Waals surface area (Å²) in [5.41, 5.74) is 0.536. The van der Waals surface area contributed by atoms with Gasteiger partial charge < -0.3 is 10.2 Å². The molecule has 3 unspecified atom stereocenters. The van der Waals surface area contributed by atoms with Crippen molar-refractivity contribution in [3.8, 4) is 0 Å². The molecule has 3 rings (SSSR count). The van der Waals surface area contributed by atoms with Gasteiger partial charge in [0.25, 0.3) is 0 Å². The predicted molar refractivity (Wildman–Crippen MR) is 96.3 cm³/mol. The van der Waals surface area contributed by atoms with Crippen LogP contribution in [0.25, 0.3) is 0 Å². The first kappa shape index (κ1) is 17.6. The van der Waals surface area contributed by atoms with Gasteiger partial charge in [0.1, 0.15) is 0 Å². The second kappa shape index (κ2) is 7.32. The van der Waals surface area contributed by atoms with Crippen LogP contribution in [0.1, 0.15) is 39.0 Å². The van der Waals surface area contributed by atoms with Crippen LogP contribution >= 0.6 is 23.2 Å². The molecule has 1 saturated heterocycles. The van der Waals surface area contributed by atoms with Crippen LogP contribution in [0.5, 0.6) is 0 Å². The molecule has 3 atom stereocenters. The molecule has 0 aromatic heterocycles. The number of anilines is 1. The van der Waals surface area contributed by atoms with E-state index in [4.69, 9.17) is 23.2 Å². The normalized spacial score (nSPS) is 26.1. The molecule has 0 radical (unpaired) electrons. The van der Waals surface area contributed by atoms with Crippen LogP contribution in [0.15, 0.2) is 18.2 Å². The van der Waals surface area contributed by atoms with Gasteiger partial charge in [-0.25, -0.2) is 0 Å². The number of hydrogen-bond donors (Lipinski definition) is 1. The summed E-state index contributed by atoms with van der Waals surface area (Å²) in [4.78, 5) is 27.1. The van der Waals surface area contributed by atoms with E-state index in [0.717, 1.165) is 25.8 Å². The summed E-state index contributed by atoms with van der Waals surface area (Å²) in [5.74, 6) is -0.418. The standard InChI is InChI=1S/C18H22Cl2N2O2/c1-2-12-5-3-4-8-22(12)18(24)14-10-13(14)17(23)21-16-7-6-11(19)9-15(16)20/h6-7,9,12-14H,2-5,8,10H2,1H3,(H,21,23). The number of rotatable bonds is 4. The molecule has 24 heavy (non-hydrogen) atoms. The maximum atomic E-state index is 12.7. The summed E-state index contributed by atoms with van der Waals surface area (Å²) in [6.45, 7) is 2.95. The zero-order valence-electron chi connectivity index (χ0n) is 13.7. The van der Waals surface area contributed by atoms with Crippen molar-refractivity contribution in [2.75, 3.05) is 11.9 Å². The molecule has 1 aliphatic heterocycles. The Morgan fingerprint density at radius 1 is 1.25 bits per heavy atom. The van der Waals surface area contributed by atoms with E-state index in [1.807, 2.05) is 4.90 Å². The molecular formula is C18H22Cl2N2O2. The number of carbonyl (C=O) groups excluding carboxylic acids is 2. The van der Waals surface area contributed by atoms with Crippen molar-refractivity contribution in [3.63, 3.8) is 0 Å². The lowest BCUT2D eigenvalue weighted by molar-refractivity contribution is -0.137. The third-order valence-corrected chi connectivity index (χ3v) is 5.56. The van der Waals surface area contributed by atoms with E-state index in [2.05, 4.69) is 12.2 Å². The molecule has 2 amide bonds. The average molecular weight is 369 g/mol. The first-order chi connectivity index (χ1) is 11.5. The van der Waals surface area contributed by atoms with Crippen LogP contribution in [0.2, 0.25) is 10.0 Å². The maximum absolute atomic E-state index is 12.7. The Labute approximate surface area is 152 Å². The van der Waals surface area contributed by atoms with Crippen LogP contribution < -0.4 is 5.32 Å². The summed E-state index contributed by atoms with van der Waals surface area (Å²) < 4.78 is 0. The molecule has 2 aliphatic rings. The highest BCUT2D eigenvalue weighted by molar-refractivity contribution is 6.36. The van der Waals surface area contributed by atoms with Gasteiger partial charge in [-0.1, -0.05) is 30.1 Å². The molecule has 0 bridgehead atoms. The van der Waals surface area contributed by atoms with Crippen molar-refractivity contribution in [1.82, 2.24) is 4.90 Å². The number of nitrogens with zero attached hydrogens (tertiary/aromatic N) is 1. The summed E-state index contributed by atoms with van der Waals surface area (Å²) in [6.07, 6.45) is 4.93. The SMILES string of the molecule is CCC1CCCCN1C(=O)C1CC1C(=O)Nc1ccc(Cl)cc1Cl. The zero-order chi connectivity index (χ0) is 17.3. The molecule has 1 heterocycles. The smallest absolute Gasteiger partial charge is 0.228 e. The minimum atomic E-state index is -0.247. The Hall–Kier alpha value is -1.26. The van der Waals surface area contributed by atoms with E-state index in [1.165, 1.54) is 6.42 Å². The summed E-state index contributed by atoms with van der Waals surface area (Å²) in [7, 11) is 0. The van der Waals surface area contributed by atoms with Gasteiger partial charge in [-0.05, 0) is 50.3 Å². The molecule has 4 nitrogen and oxygen atoms in total. The van der Waals surface area contributed by atoms with Gasteiger partial charge in [0, 0.05) is 17.6 Å². The molecule has 1 aromatic rings. The Morgan fingerprint density at radius 2 is 2.04 bits per heavy atom. The van der Waals surface area contributed by atoms with Crippen molar-refractivity contribution in [2.45, 2.75) is 45.1 Å². The number of carbonyl (C=O) groups is 2. The molecule has 1 aromatic carbocycles. The third kappa shape index (κ3) is 3.70. The van der Waals surface area contributed by atoms with E-state index in [9.17, 15) is 9.59 Å². The van der Waals surface area contributed by atoms with Crippen LogP contribution in [0.4, 0.5) is 5.69 Å². The largest absolute Gasteiger partial charge is 0.339 e. The number of halogens is 2. The Morgan fingerprint density at radius 3 is 2.75 bits per heavy atom. The van der Waals surface area contributed by atoms with Crippen molar-refractivity contribution in [3.05, 3.63) is 28.2 Å². The van der Waals surface area contributed by atoms with Gasteiger partial charge in [-0.3, -0.25) is 9.59 Å². The predicted octanol–water partition coefficient (Wildman–Crippen LogP) is 4.36. The van der Waals surface area contributed by atoms with Gasteiger partial charge in [0.15, 0.2) is 0 Å². The summed E-state index contributed by atoms with van der Waals surface area (Å²) >= 11 is 11.9. The number of amides is 2. The Kier molecular flexibility index (Phi) is 5.36. The summed E-state index contributed by atoms with van der Waals surface area (Å²) in [5, 5.41) is 3.74. The van der Waals surface area contributed by atoms with Crippen LogP contribution in [-0.2, 0) is 9.59 Å². The van der Waals surface area contributed by atoms with Crippen LogP contribution in [0, 0.1) is 11.8 Å². The number of nitrogens with one attached hydrogen (secondary N) is 1. The molecule has 6 heteroatoms. The number of piperidine rings is 1. The molecule has 1 saturated carbocycles. The highest BCUT2D eigenvalue weighted by atomic mass is 35.5. The maximum Gasteiger partial charge on any atom is 0.228 e. The van der Waals surface area contributed by atoms with E-state index >= 15 is 0 Å². The lowest BCUT2D eigenvalue weighted by Crippen LogP contribution is -2.44. The third-order valence-electron chi connectivity index (χ3n) is 5.01. The van der Waals surface area contributed by atoms with E-state index in [-0.39, 0.29) is 23.7 Å². The lowest BCUT2D eigenvalue weighted by Gasteiger charge is -2.35.